The molecule has 0 fully saturated rings. The summed E-state index contributed by atoms with van der Waals surface area (Å²) in [6, 6.07) is 12.0. The number of halogens is 2. The zero-order valence-electron chi connectivity index (χ0n) is 9.61. The molecule has 0 saturated carbocycles. The zero-order chi connectivity index (χ0) is 12.7. The van der Waals surface area contributed by atoms with Gasteiger partial charge in [0.05, 0.1) is 6.10 Å². The molecule has 0 spiro atoms. The van der Waals surface area contributed by atoms with Gasteiger partial charge >= 0.3 is 0 Å². The molecule has 2 aromatic carbocycles. The molecule has 92 valence electrons. The second kappa shape index (κ2) is 4.38. The van der Waals surface area contributed by atoms with Crippen LogP contribution in [0.15, 0.2) is 42.5 Å². The lowest BCUT2D eigenvalue weighted by Crippen LogP contribution is -1.96. The summed E-state index contributed by atoms with van der Waals surface area (Å²) in [5, 5.41) is 10.7. The normalized spacial score (nSPS) is 21.9. The van der Waals surface area contributed by atoms with Crippen molar-refractivity contribution < 1.29 is 9.50 Å². The van der Waals surface area contributed by atoms with Crippen LogP contribution in [0, 0.1) is 5.82 Å². The van der Waals surface area contributed by atoms with Crippen LogP contribution in [0.25, 0.3) is 0 Å². The third kappa shape index (κ3) is 1.92. The van der Waals surface area contributed by atoms with Crippen LogP contribution < -0.4 is 0 Å². The molecule has 0 bridgehead atoms. The minimum absolute atomic E-state index is 0.0919. The van der Waals surface area contributed by atoms with Crippen molar-refractivity contribution >= 4 is 11.6 Å². The van der Waals surface area contributed by atoms with E-state index < -0.39 is 6.10 Å². The fourth-order valence-electron chi connectivity index (χ4n) is 2.64. The number of aliphatic hydroxyl groups excluding tert-OH is 1. The molecule has 0 amide bonds. The van der Waals surface area contributed by atoms with Gasteiger partial charge in [0.25, 0.3) is 0 Å². The van der Waals surface area contributed by atoms with Crippen molar-refractivity contribution in [3.8, 4) is 0 Å². The lowest BCUT2D eigenvalue weighted by atomic mass is 9.93. The summed E-state index contributed by atoms with van der Waals surface area (Å²) in [5.74, 6) is -0.155. The Bertz CT molecular complexity index is 580. The largest absolute Gasteiger partial charge is 0.388 e. The monoisotopic (exact) mass is 262 g/mol. The first kappa shape index (κ1) is 11.7. The van der Waals surface area contributed by atoms with Gasteiger partial charge in [0.2, 0.25) is 0 Å². The summed E-state index contributed by atoms with van der Waals surface area (Å²) in [7, 11) is 0. The summed E-state index contributed by atoms with van der Waals surface area (Å²) < 4.78 is 12.9. The minimum Gasteiger partial charge on any atom is -0.388 e. The Morgan fingerprint density at radius 2 is 1.78 bits per heavy atom. The highest BCUT2D eigenvalue weighted by Gasteiger charge is 2.30. The van der Waals surface area contributed by atoms with Crippen LogP contribution in [0.2, 0.25) is 5.02 Å². The average Bonchev–Trinajstić information content (AvgIpc) is 2.67. The molecule has 1 aliphatic rings. The van der Waals surface area contributed by atoms with E-state index in [9.17, 15) is 9.50 Å². The quantitative estimate of drug-likeness (QED) is 0.822. The molecule has 0 heterocycles. The Kier molecular flexibility index (Phi) is 2.84. The lowest BCUT2D eigenvalue weighted by molar-refractivity contribution is 0.176. The maximum atomic E-state index is 12.9. The third-order valence-corrected chi connectivity index (χ3v) is 3.75. The molecule has 2 unspecified atom stereocenters. The summed E-state index contributed by atoms with van der Waals surface area (Å²) in [6.45, 7) is 0. The minimum atomic E-state index is -0.465. The van der Waals surface area contributed by atoms with Gasteiger partial charge in [-0.25, -0.2) is 4.39 Å². The molecule has 3 heteroatoms. The van der Waals surface area contributed by atoms with E-state index >= 15 is 0 Å². The number of fused-ring (bicyclic) bond motifs is 1. The molecule has 3 rings (SSSR count). The highest BCUT2D eigenvalue weighted by Crippen LogP contribution is 2.44. The van der Waals surface area contributed by atoms with Crippen molar-refractivity contribution in [1.82, 2.24) is 0 Å². The predicted octanol–water partition coefficient (Wildman–Crippen LogP) is 4.05. The van der Waals surface area contributed by atoms with E-state index in [-0.39, 0.29) is 11.7 Å². The maximum Gasteiger partial charge on any atom is 0.123 e. The van der Waals surface area contributed by atoms with E-state index in [4.69, 9.17) is 11.6 Å². The number of hydrogen-bond acceptors (Lipinski definition) is 1. The van der Waals surface area contributed by atoms with E-state index in [1.165, 1.54) is 12.1 Å². The lowest BCUT2D eigenvalue weighted by Gasteiger charge is -2.12. The van der Waals surface area contributed by atoms with Crippen molar-refractivity contribution in [3.63, 3.8) is 0 Å². The Labute approximate surface area is 110 Å². The molecule has 0 saturated heterocycles. The topological polar surface area (TPSA) is 20.2 Å². The van der Waals surface area contributed by atoms with Crippen molar-refractivity contribution in [2.75, 3.05) is 0 Å². The second-order valence-corrected chi connectivity index (χ2v) is 5.07. The third-order valence-electron chi connectivity index (χ3n) is 3.51. The standard InChI is InChI=1S/C15H12ClFO/c16-10-3-6-12-14(7-10)13(8-15(12)18)9-1-4-11(17)5-2-9/h1-7,13,15,18H,8H2. The molecular formula is C15H12ClFO. The molecule has 1 N–H and O–H groups in total. The van der Waals surface area contributed by atoms with Gasteiger partial charge in [-0.05, 0) is 47.4 Å². The van der Waals surface area contributed by atoms with Crippen molar-refractivity contribution in [1.29, 1.82) is 0 Å². The summed E-state index contributed by atoms with van der Waals surface area (Å²) in [4.78, 5) is 0. The highest BCUT2D eigenvalue weighted by molar-refractivity contribution is 6.30. The van der Waals surface area contributed by atoms with Gasteiger partial charge in [-0.15, -0.1) is 0 Å². The molecule has 1 nitrogen and oxygen atoms in total. The first-order valence-corrected chi connectivity index (χ1v) is 6.26. The van der Waals surface area contributed by atoms with Crippen molar-refractivity contribution in [2.45, 2.75) is 18.4 Å². The molecule has 0 aliphatic heterocycles. The molecule has 1 aliphatic carbocycles. The van der Waals surface area contributed by atoms with Crippen LogP contribution in [0.4, 0.5) is 4.39 Å². The number of rotatable bonds is 1. The second-order valence-electron chi connectivity index (χ2n) is 4.63. The average molecular weight is 263 g/mol. The molecule has 0 radical (unpaired) electrons. The van der Waals surface area contributed by atoms with Crippen LogP contribution in [-0.2, 0) is 0 Å². The Morgan fingerprint density at radius 3 is 2.50 bits per heavy atom. The maximum absolute atomic E-state index is 12.9. The van der Waals surface area contributed by atoms with Gasteiger partial charge in [-0.1, -0.05) is 29.8 Å². The van der Waals surface area contributed by atoms with E-state index in [0.717, 1.165) is 16.7 Å². The summed E-state index contributed by atoms with van der Waals surface area (Å²) in [6.07, 6.45) is 0.161. The Hall–Kier alpha value is -1.38. The van der Waals surface area contributed by atoms with Crippen LogP contribution in [0.5, 0.6) is 0 Å². The van der Waals surface area contributed by atoms with Crippen molar-refractivity contribution in [3.05, 3.63) is 70.0 Å². The van der Waals surface area contributed by atoms with Gasteiger partial charge in [0.1, 0.15) is 5.82 Å². The van der Waals surface area contributed by atoms with Gasteiger partial charge in [-0.2, -0.15) is 0 Å². The number of benzene rings is 2. The first-order valence-electron chi connectivity index (χ1n) is 5.88. The number of aliphatic hydroxyl groups is 1. The van der Waals surface area contributed by atoms with Gasteiger partial charge in [-0.3, -0.25) is 0 Å². The fraction of sp³-hybridized carbons (Fsp3) is 0.200. The van der Waals surface area contributed by atoms with Gasteiger partial charge in [0, 0.05) is 10.9 Å². The first-order chi connectivity index (χ1) is 8.65. The van der Waals surface area contributed by atoms with Gasteiger partial charge < -0.3 is 5.11 Å². The Balaban J connectivity index is 2.06. The van der Waals surface area contributed by atoms with Crippen LogP contribution in [0.1, 0.15) is 35.1 Å². The molecule has 2 aromatic rings. The van der Waals surface area contributed by atoms with E-state index in [1.807, 2.05) is 12.1 Å². The van der Waals surface area contributed by atoms with Gasteiger partial charge in [0.15, 0.2) is 0 Å². The molecular weight excluding hydrogens is 251 g/mol. The van der Waals surface area contributed by atoms with E-state index in [2.05, 4.69) is 0 Å². The SMILES string of the molecule is OC1CC(c2ccc(F)cc2)c2cc(Cl)ccc21. The number of hydrogen-bond donors (Lipinski definition) is 1. The van der Waals surface area contributed by atoms with Crippen molar-refractivity contribution in [2.24, 2.45) is 0 Å². The fourth-order valence-corrected chi connectivity index (χ4v) is 2.82. The highest BCUT2D eigenvalue weighted by atomic mass is 35.5. The molecule has 0 aromatic heterocycles. The van der Waals surface area contributed by atoms with E-state index in [0.29, 0.717) is 11.4 Å². The van der Waals surface area contributed by atoms with Crippen LogP contribution in [-0.4, -0.2) is 5.11 Å². The summed E-state index contributed by atoms with van der Waals surface area (Å²) in [5.41, 5.74) is 2.98. The Morgan fingerprint density at radius 1 is 1.06 bits per heavy atom. The van der Waals surface area contributed by atoms with Crippen LogP contribution in [0.3, 0.4) is 0 Å². The zero-order valence-corrected chi connectivity index (χ0v) is 10.4. The molecule has 18 heavy (non-hydrogen) atoms. The smallest absolute Gasteiger partial charge is 0.123 e. The molecule has 2 atom stereocenters. The van der Waals surface area contributed by atoms with E-state index in [1.54, 1.807) is 18.2 Å². The van der Waals surface area contributed by atoms with Crippen LogP contribution >= 0.6 is 11.6 Å². The predicted molar refractivity (Wildman–Crippen MR) is 69.3 cm³/mol. The summed E-state index contributed by atoms with van der Waals surface area (Å²) >= 11 is 6.01.